The lowest BCUT2D eigenvalue weighted by atomic mass is 9.70. The molecule has 1 saturated carbocycles. The first kappa shape index (κ1) is 22.3. The normalized spacial score (nSPS) is 26.1. The monoisotopic (exact) mass is 464 g/mol. The maximum Gasteiger partial charge on any atom is 0.339 e. The average molecular weight is 464 g/mol. The molecule has 4 rings (SSSR count). The Hall–Kier alpha value is -3.90. The van der Waals surface area contributed by atoms with E-state index in [0.29, 0.717) is 0 Å². The van der Waals surface area contributed by atoms with Crippen LogP contribution in [-0.2, 0) is 9.47 Å². The van der Waals surface area contributed by atoms with Gasteiger partial charge in [0.05, 0.1) is 17.2 Å². The third-order valence-corrected chi connectivity index (χ3v) is 6.01. The van der Waals surface area contributed by atoms with Gasteiger partial charge in [-0.25, -0.2) is 9.59 Å². The fourth-order valence-electron chi connectivity index (χ4n) is 4.35. The van der Waals surface area contributed by atoms with Crippen LogP contribution in [-0.4, -0.2) is 77.7 Å². The van der Waals surface area contributed by atoms with E-state index in [1.54, 1.807) is 0 Å². The molecule has 0 bridgehead atoms. The summed E-state index contributed by atoms with van der Waals surface area (Å²) >= 11 is 0. The number of phenols is 6. The number of fused-ring (bicyclic) bond motifs is 3. The fraction of sp³-hybridized carbons (Fsp3) is 0.333. The Morgan fingerprint density at radius 3 is 2.18 bits per heavy atom. The molecule has 8 N–H and O–H groups in total. The Bertz CT molecular complexity index is 1120. The number of benzene rings is 2. The number of aliphatic hydroxyl groups is 2. The molecule has 0 amide bonds. The number of hydrogen-bond acceptors (Lipinski definition) is 12. The zero-order valence-corrected chi connectivity index (χ0v) is 16.7. The van der Waals surface area contributed by atoms with Crippen LogP contribution in [0.25, 0.3) is 0 Å². The molecule has 0 radical (unpaired) electrons. The maximum absolute atomic E-state index is 12.7. The lowest BCUT2D eigenvalue weighted by Crippen LogP contribution is -2.56. The number of esters is 2. The summed E-state index contributed by atoms with van der Waals surface area (Å²) in [6.07, 6.45) is -4.45. The zero-order valence-electron chi connectivity index (χ0n) is 16.7. The molecular formula is C21H20O12. The largest absolute Gasteiger partial charge is 0.504 e. The van der Waals surface area contributed by atoms with Gasteiger partial charge in [-0.2, -0.15) is 0 Å². The number of rotatable bonds is 3. The standard InChI is InChI=1S/C21H20O12/c22-5-7-1-8-13-9(4-12(25)16(28)17(13)29)21(31)32-18(8)19(14(7)26)33-20(30)6-2-10(23)15(27)11(24)3-6/h2-4,7-8,14,18-19,22-29H,1,5H2/t7-,8+,14-,18+,19+/m0/s1. The number of ether oxygens (including phenoxy) is 2. The molecule has 0 saturated heterocycles. The van der Waals surface area contributed by atoms with E-state index in [0.717, 1.165) is 18.2 Å². The Balaban J connectivity index is 1.74. The van der Waals surface area contributed by atoms with Crippen LogP contribution in [0.5, 0.6) is 34.5 Å². The molecule has 0 spiro atoms. The molecule has 1 fully saturated rings. The van der Waals surface area contributed by atoms with Gasteiger partial charge in [-0.05, 0) is 24.6 Å². The zero-order chi connectivity index (χ0) is 24.2. The first-order chi connectivity index (χ1) is 15.5. The number of aromatic hydroxyl groups is 6. The van der Waals surface area contributed by atoms with Gasteiger partial charge in [0.15, 0.2) is 34.9 Å². The van der Waals surface area contributed by atoms with Crippen LogP contribution in [0, 0.1) is 5.92 Å². The number of hydrogen-bond donors (Lipinski definition) is 8. The fourth-order valence-corrected chi connectivity index (χ4v) is 4.35. The highest BCUT2D eigenvalue weighted by atomic mass is 16.6. The second kappa shape index (κ2) is 7.90. The molecule has 2 aromatic rings. The van der Waals surface area contributed by atoms with Crippen molar-refractivity contribution < 1.29 is 59.9 Å². The molecule has 1 heterocycles. The van der Waals surface area contributed by atoms with Crippen LogP contribution in [0.2, 0.25) is 0 Å². The van der Waals surface area contributed by atoms with E-state index in [4.69, 9.17) is 9.47 Å². The molecular weight excluding hydrogens is 444 g/mol. The molecule has 12 heteroatoms. The Labute approximate surface area is 185 Å². The van der Waals surface area contributed by atoms with E-state index < -0.39 is 88.8 Å². The number of carbonyl (C=O) groups is 2. The average Bonchev–Trinajstić information content (AvgIpc) is 2.77. The first-order valence-electron chi connectivity index (χ1n) is 9.78. The highest BCUT2D eigenvalue weighted by Crippen LogP contribution is 2.51. The Morgan fingerprint density at radius 2 is 1.58 bits per heavy atom. The molecule has 1 aliphatic heterocycles. The lowest BCUT2D eigenvalue weighted by Gasteiger charge is -2.45. The minimum Gasteiger partial charge on any atom is -0.504 e. The quantitative estimate of drug-likeness (QED) is 0.225. The Morgan fingerprint density at radius 1 is 0.970 bits per heavy atom. The third kappa shape index (κ3) is 3.49. The summed E-state index contributed by atoms with van der Waals surface area (Å²) < 4.78 is 10.7. The van der Waals surface area contributed by atoms with Gasteiger partial charge in [-0.15, -0.1) is 0 Å². The van der Waals surface area contributed by atoms with Crippen LogP contribution in [0.3, 0.4) is 0 Å². The smallest absolute Gasteiger partial charge is 0.339 e. The summed E-state index contributed by atoms with van der Waals surface area (Å²) in [5, 5.41) is 79.3. The van der Waals surface area contributed by atoms with Gasteiger partial charge in [0.1, 0.15) is 6.10 Å². The van der Waals surface area contributed by atoms with E-state index in [-0.39, 0.29) is 17.5 Å². The van der Waals surface area contributed by atoms with Crippen molar-refractivity contribution in [1.29, 1.82) is 0 Å². The van der Waals surface area contributed by atoms with Crippen molar-refractivity contribution >= 4 is 11.9 Å². The van der Waals surface area contributed by atoms with Gasteiger partial charge in [0, 0.05) is 24.0 Å². The van der Waals surface area contributed by atoms with Crippen LogP contribution in [0.4, 0.5) is 0 Å². The molecule has 2 aliphatic rings. The van der Waals surface area contributed by atoms with Gasteiger partial charge in [0.25, 0.3) is 0 Å². The molecule has 176 valence electrons. The number of carbonyl (C=O) groups excluding carboxylic acids is 2. The van der Waals surface area contributed by atoms with Gasteiger partial charge >= 0.3 is 11.9 Å². The molecule has 1 aliphatic carbocycles. The molecule has 2 aromatic carbocycles. The van der Waals surface area contributed by atoms with E-state index in [1.807, 2.05) is 0 Å². The minimum absolute atomic E-state index is 0.0325. The SMILES string of the molecule is O=C(O[C@@H]1[C@@H](O)[C@H](CO)C[C@@H]2c3c(cc(O)c(O)c3O)C(=O)O[C@@H]12)c1cc(O)c(O)c(O)c1. The lowest BCUT2D eigenvalue weighted by molar-refractivity contribution is -0.138. The predicted octanol–water partition coefficient (Wildman–Crippen LogP) is 0.141. The van der Waals surface area contributed by atoms with Crippen LogP contribution in [0.1, 0.15) is 38.6 Å². The van der Waals surface area contributed by atoms with Gasteiger partial charge < -0.3 is 50.3 Å². The summed E-state index contributed by atoms with van der Waals surface area (Å²) in [5.41, 5.74) is -0.737. The third-order valence-electron chi connectivity index (χ3n) is 6.01. The molecule has 33 heavy (non-hydrogen) atoms. The summed E-state index contributed by atoms with van der Waals surface area (Å²) in [7, 11) is 0. The van der Waals surface area contributed by atoms with Crippen molar-refractivity contribution in [3.8, 4) is 34.5 Å². The van der Waals surface area contributed by atoms with Crippen molar-refractivity contribution in [2.45, 2.75) is 30.7 Å². The molecule has 12 nitrogen and oxygen atoms in total. The first-order valence-corrected chi connectivity index (χ1v) is 9.78. The highest BCUT2D eigenvalue weighted by Gasteiger charge is 2.53. The van der Waals surface area contributed by atoms with Crippen LogP contribution < -0.4 is 0 Å². The second-order valence-electron chi connectivity index (χ2n) is 7.93. The molecule has 0 aromatic heterocycles. The second-order valence-corrected chi connectivity index (χ2v) is 7.93. The summed E-state index contributed by atoms with van der Waals surface area (Å²) in [4.78, 5) is 25.2. The molecule has 5 atom stereocenters. The van der Waals surface area contributed by atoms with Gasteiger partial charge in [-0.1, -0.05) is 0 Å². The number of aliphatic hydroxyl groups excluding tert-OH is 2. The summed E-state index contributed by atoms with van der Waals surface area (Å²) in [5.74, 6) is -8.93. The van der Waals surface area contributed by atoms with Gasteiger partial charge in [-0.3, -0.25) is 0 Å². The molecule has 0 unspecified atom stereocenters. The van der Waals surface area contributed by atoms with E-state index in [9.17, 15) is 50.4 Å². The van der Waals surface area contributed by atoms with Crippen molar-refractivity contribution in [2.24, 2.45) is 5.92 Å². The van der Waals surface area contributed by atoms with E-state index >= 15 is 0 Å². The van der Waals surface area contributed by atoms with Crippen molar-refractivity contribution in [1.82, 2.24) is 0 Å². The summed E-state index contributed by atoms with van der Waals surface area (Å²) in [6, 6.07) is 2.52. The van der Waals surface area contributed by atoms with Crippen LogP contribution >= 0.6 is 0 Å². The predicted molar refractivity (Wildman–Crippen MR) is 105 cm³/mol. The van der Waals surface area contributed by atoms with Crippen molar-refractivity contribution in [3.63, 3.8) is 0 Å². The van der Waals surface area contributed by atoms with Crippen LogP contribution in [0.15, 0.2) is 18.2 Å². The number of phenolic OH excluding ortho intramolecular Hbond substituents is 6. The van der Waals surface area contributed by atoms with E-state index in [1.165, 1.54) is 0 Å². The summed E-state index contributed by atoms with van der Waals surface area (Å²) in [6.45, 7) is -0.562. The van der Waals surface area contributed by atoms with Gasteiger partial charge in [0.2, 0.25) is 5.75 Å². The highest BCUT2D eigenvalue weighted by molar-refractivity contribution is 5.95. The minimum atomic E-state index is -1.56. The maximum atomic E-state index is 12.7. The van der Waals surface area contributed by atoms with Crippen molar-refractivity contribution in [3.05, 3.63) is 34.9 Å². The van der Waals surface area contributed by atoms with E-state index in [2.05, 4.69) is 0 Å². The Kier molecular flexibility index (Phi) is 5.34. The topological polar surface area (TPSA) is 214 Å². The van der Waals surface area contributed by atoms with Crippen molar-refractivity contribution in [2.75, 3.05) is 6.61 Å².